The van der Waals surface area contributed by atoms with Crippen molar-refractivity contribution in [3.8, 4) is 0 Å². The lowest BCUT2D eigenvalue weighted by atomic mass is 10.1. The maximum absolute atomic E-state index is 12.1. The molecule has 0 atom stereocenters. The number of hydrogen-bond acceptors (Lipinski definition) is 3. The molecular weight excluding hydrogens is 226 g/mol. The summed E-state index contributed by atoms with van der Waals surface area (Å²) in [5.74, 6) is -0.0495. The van der Waals surface area contributed by atoms with Crippen molar-refractivity contribution in [2.75, 3.05) is 19.6 Å². The van der Waals surface area contributed by atoms with Crippen molar-refractivity contribution < 1.29 is 4.79 Å². The van der Waals surface area contributed by atoms with Crippen LogP contribution in [0.2, 0.25) is 0 Å². The number of amides is 1. The fourth-order valence-corrected chi connectivity index (χ4v) is 1.83. The molecule has 0 radical (unpaired) electrons. The molecule has 0 aliphatic carbocycles. The third kappa shape index (κ3) is 2.84. The van der Waals surface area contributed by atoms with Crippen LogP contribution >= 0.6 is 0 Å². The largest absolute Gasteiger partial charge is 0.351 e. The van der Waals surface area contributed by atoms with Gasteiger partial charge in [0.1, 0.15) is 0 Å². The number of fused-ring (bicyclic) bond motifs is 1. The van der Waals surface area contributed by atoms with Crippen LogP contribution in [0, 0.1) is 0 Å². The number of likely N-dealkylation sites (N-methyl/N-ethyl adjacent to an activating group) is 1. The molecule has 0 spiro atoms. The van der Waals surface area contributed by atoms with Crippen molar-refractivity contribution in [3.63, 3.8) is 0 Å². The van der Waals surface area contributed by atoms with Crippen molar-refractivity contribution in [1.29, 1.82) is 0 Å². The van der Waals surface area contributed by atoms with Crippen LogP contribution in [-0.4, -0.2) is 30.5 Å². The van der Waals surface area contributed by atoms with Gasteiger partial charge in [-0.1, -0.05) is 25.1 Å². The predicted octanol–water partition coefficient (Wildman–Crippen LogP) is 1.57. The number of benzene rings is 1. The van der Waals surface area contributed by atoms with Crippen LogP contribution in [0.3, 0.4) is 0 Å². The number of carbonyl (C=O) groups excluding carboxylic acids is 1. The van der Waals surface area contributed by atoms with Crippen LogP contribution in [0.1, 0.15) is 17.3 Å². The Balaban J connectivity index is 2.13. The van der Waals surface area contributed by atoms with Crippen LogP contribution in [-0.2, 0) is 0 Å². The molecule has 1 amide bonds. The first-order valence-corrected chi connectivity index (χ1v) is 6.15. The van der Waals surface area contributed by atoms with E-state index in [2.05, 4.69) is 15.6 Å². The molecule has 0 fully saturated rings. The molecule has 0 saturated heterocycles. The number of pyridine rings is 1. The average Bonchev–Trinajstić information content (AvgIpc) is 2.43. The van der Waals surface area contributed by atoms with Crippen LogP contribution in [0.15, 0.2) is 36.5 Å². The fraction of sp³-hybridized carbons (Fsp3) is 0.286. The third-order valence-corrected chi connectivity index (χ3v) is 2.73. The van der Waals surface area contributed by atoms with Gasteiger partial charge < -0.3 is 10.6 Å². The van der Waals surface area contributed by atoms with Crippen LogP contribution in [0.5, 0.6) is 0 Å². The van der Waals surface area contributed by atoms with Crippen LogP contribution in [0.25, 0.3) is 10.9 Å². The predicted molar refractivity (Wildman–Crippen MR) is 72.6 cm³/mol. The van der Waals surface area contributed by atoms with E-state index in [1.165, 1.54) is 0 Å². The van der Waals surface area contributed by atoms with E-state index in [1.54, 1.807) is 12.3 Å². The summed E-state index contributed by atoms with van der Waals surface area (Å²) in [7, 11) is 0. The molecule has 0 aliphatic heterocycles. The highest BCUT2D eigenvalue weighted by atomic mass is 16.1. The van der Waals surface area contributed by atoms with E-state index >= 15 is 0 Å². The number of aromatic nitrogens is 1. The molecule has 94 valence electrons. The minimum absolute atomic E-state index is 0.0495. The molecule has 4 nitrogen and oxygen atoms in total. The Labute approximate surface area is 106 Å². The van der Waals surface area contributed by atoms with Crippen molar-refractivity contribution in [2.45, 2.75) is 6.92 Å². The fourth-order valence-electron chi connectivity index (χ4n) is 1.83. The first-order valence-electron chi connectivity index (χ1n) is 6.15. The average molecular weight is 243 g/mol. The Morgan fingerprint density at radius 1 is 1.22 bits per heavy atom. The molecule has 2 aromatic rings. The topological polar surface area (TPSA) is 54.0 Å². The highest BCUT2D eigenvalue weighted by Gasteiger charge is 2.08. The summed E-state index contributed by atoms with van der Waals surface area (Å²) in [6, 6.07) is 9.42. The van der Waals surface area contributed by atoms with Gasteiger partial charge in [0.15, 0.2) is 0 Å². The van der Waals surface area contributed by atoms with Gasteiger partial charge >= 0.3 is 0 Å². The van der Waals surface area contributed by atoms with Crippen molar-refractivity contribution >= 4 is 16.8 Å². The molecule has 0 aliphatic rings. The van der Waals surface area contributed by atoms with Gasteiger partial charge in [0.25, 0.3) is 5.91 Å². The zero-order chi connectivity index (χ0) is 12.8. The molecule has 0 saturated carbocycles. The van der Waals surface area contributed by atoms with E-state index in [1.807, 2.05) is 31.2 Å². The number of nitrogens with zero attached hydrogens (tertiary/aromatic N) is 1. The van der Waals surface area contributed by atoms with Gasteiger partial charge in [0.05, 0.1) is 11.1 Å². The zero-order valence-corrected chi connectivity index (χ0v) is 10.4. The SMILES string of the molecule is CCNCCNC(=O)c1ccnc2ccccc12. The van der Waals surface area contributed by atoms with E-state index in [0.29, 0.717) is 12.1 Å². The monoisotopic (exact) mass is 243 g/mol. The lowest BCUT2D eigenvalue weighted by Crippen LogP contribution is -2.31. The second-order valence-electron chi connectivity index (χ2n) is 3.99. The Kier molecular flexibility index (Phi) is 4.25. The molecule has 4 heteroatoms. The van der Waals surface area contributed by atoms with Crippen molar-refractivity contribution in [1.82, 2.24) is 15.6 Å². The summed E-state index contributed by atoms with van der Waals surface area (Å²) in [6.07, 6.45) is 1.67. The summed E-state index contributed by atoms with van der Waals surface area (Å²) in [4.78, 5) is 16.3. The normalized spacial score (nSPS) is 10.5. The standard InChI is InChI=1S/C14H17N3O/c1-2-15-9-10-17-14(18)12-7-8-16-13-6-4-3-5-11(12)13/h3-8,15H,2,9-10H2,1H3,(H,17,18). The van der Waals surface area contributed by atoms with Gasteiger partial charge in [-0.2, -0.15) is 0 Å². The number of rotatable bonds is 5. The maximum Gasteiger partial charge on any atom is 0.252 e. The molecular formula is C14H17N3O. The second kappa shape index (κ2) is 6.12. The van der Waals surface area contributed by atoms with Crippen LogP contribution in [0.4, 0.5) is 0 Å². The van der Waals surface area contributed by atoms with E-state index in [-0.39, 0.29) is 5.91 Å². The lowest BCUT2D eigenvalue weighted by Gasteiger charge is -2.07. The Morgan fingerprint density at radius 2 is 2.06 bits per heavy atom. The second-order valence-corrected chi connectivity index (χ2v) is 3.99. The zero-order valence-electron chi connectivity index (χ0n) is 10.4. The lowest BCUT2D eigenvalue weighted by molar-refractivity contribution is 0.0955. The first kappa shape index (κ1) is 12.5. The van der Waals surface area contributed by atoms with Gasteiger partial charge in [-0.15, -0.1) is 0 Å². The van der Waals surface area contributed by atoms with Gasteiger partial charge in [0.2, 0.25) is 0 Å². The molecule has 1 aromatic carbocycles. The molecule has 1 aromatic heterocycles. The number of para-hydroxylation sites is 1. The van der Waals surface area contributed by atoms with E-state index in [4.69, 9.17) is 0 Å². The molecule has 0 bridgehead atoms. The minimum atomic E-state index is -0.0495. The van der Waals surface area contributed by atoms with Crippen molar-refractivity contribution in [2.24, 2.45) is 0 Å². The molecule has 1 heterocycles. The third-order valence-electron chi connectivity index (χ3n) is 2.73. The molecule has 2 N–H and O–H groups in total. The summed E-state index contributed by atoms with van der Waals surface area (Å²) in [5.41, 5.74) is 1.52. The molecule has 18 heavy (non-hydrogen) atoms. The highest BCUT2D eigenvalue weighted by Crippen LogP contribution is 2.15. The number of hydrogen-bond donors (Lipinski definition) is 2. The van der Waals surface area contributed by atoms with E-state index in [9.17, 15) is 4.79 Å². The van der Waals surface area contributed by atoms with E-state index < -0.39 is 0 Å². The van der Waals surface area contributed by atoms with Gasteiger partial charge in [0, 0.05) is 24.7 Å². The highest BCUT2D eigenvalue weighted by molar-refractivity contribution is 6.05. The Bertz CT molecular complexity index is 534. The Hall–Kier alpha value is -1.94. The van der Waals surface area contributed by atoms with Crippen molar-refractivity contribution in [3.05, 3.63) is 42.1 Å². The quantitative estimate of drug-likeness (QED) is 0.784. The first-order chi connectivity index (χ1) is 8.83. The summed E-state index contributed by atoms with van der Waals surface area (Å²) in [6.45, 7) is 4.36. The molecule has 0 unspecified atom stereocenters. The summed E-state index contributed by atoms with van der Waals surface area (Å²) in [5, 5.41) is 6.95. The summed E-state index contributed by atoms with van der Waals surface area (Å²) < 4.78 is 0. The minimum Gasteiger partial charge on any atom is -0.351 e. The number of nitrogens with one attached hydrogen (secondary N) is 2. The smallest absolute Gasteiger partial charge is 0.252 e. The maximum atomic E-state index is 12.1. The van der Waals surface area contributed by atoms with Gasteiger partial charge in [-0.05, 0) is 18.7 Å². The number of carbonyl (C=O) groups is 1. The molecule has 2 rings (SSSR count). The van der Waals surface area contributed by atoms with E-state index in [0.717, 1.165) is 24.0 Å². The van der Waals surface area contributed by atoms with Gasteiger partial charge in [-0.3, -0.25) is 9.78 Å². The van der Waals surface area contributed by atoms with Gasteiger partial charge in [-0.25, -0.2) is 0 Å². The Morgan fingerprint density at radius 3 is 2.89 bits per heavy atom. The summed E-state index contributed by atoms with van der Waals surface area (Å²) >= 11 is 0. The van der Waals surface area contributed by atoms with Crippen LogP contribution < -0.4 is 10.6 Å².